The van der Waals surface area contributed by atoms with Gasteiger partial charge in [0.2, 0.25) is 11.8 Å². The summed E-state index contributed by atoms with van der Waals surface area (Å²) in [5.41, 5.74) is 2.39. The van der Waals surface area contributed by atoms with E-state index in [-0.39, 0.29) is 24.7 Å². The predicted molar refractivity (Wildman–Crippen MR) is 109 cm³/mol. The summed E-state index contributed by atoms with van der Waals surface area (Å²) in [7, 11) is 5.90. The Labute approximate surface area is 164 Å². The van der Waals surface area contributed by atoms with E-state index in [1.54, 1.807) is 4.90 Å². The largest absolute Gasteiger partial charge is 0.353 e. The molecule has 2 amide bonds. The fraction of sp³-hybridized carbons (Fsp3) is 0.636. The van der Waals surface area contributed by atoms with Crippen LogP contribution in [0.25, 0.3) is 0 Å². The number of amides is 2. The molecule has 1 aliphatic carbocycles. The maximum atomic E-state index is 12.5. The summed E-state index contributed by atoms with van der Waals surface area (Å²) in [5.74, 6) is 0.0299. The van der Waals surface area contributed by atoms with E-state index in [0.717, 1.165) is 24.9 Å². The molecule has 1 aliphatic rings. The van der Waals surface area contributed by atoms with Crippen molar-refractivity contribution < 1.29 is 9.59 Å². The van der Waals surface area contributed by atoms with E-state index in [9.17, 15) is 9.59 Å². The van der Waals surface area contributed by atoms with Crippen molar-refractivity contribution in [2.24, 2.45) is 0 Å². The van der Waals surface area contributed by atoms with Crippen LogP contribution in [-0.2, 0) is 22.7 Å². The second kappa shape index (κ2) is 11.1. The molecule has 150 valence electrons. The van der Waals surface area contributed by atoms with Crippen LogP contribution in [0.5, 0.6) is 0 Å². The van der Waals surface area contributed by atoms with Crippen molar-refractivity contribution in [3.8, 4) is 0 Å². The van der Waals surface area contributed by atoms with Gasteiger partial charge in [0.15, 0.2) is 0 Å². The molecule has 0 atom stereocenters. The molecule has 0 spiro atoms. The fourth-order valence-electron chi connectivity index (χ4n) is 3.69. The minimum Gasteiger partial charge on any atom is -0.353 e. The van der Waals surface area contributed by atoms with Gasteiger partial charge in [-0.25, -0.2) is 0 Å². The maximum absolute atomic E-state index is 12.5. The lowest BCUT2D eigenvalue weighted by atomic mass is 10.1. The van der Waals surface area contributed by atoms with Crippen molar-refractivity contribution >= 4 is 11.8 Å². The number of rotatable bonds is 8. The SMILES string of the molecule is CN(C)Cc1ccccc1CN(C)C(=O)CCC(=O)NC1CCCCCC1. The highest BCUT2D eigenvalue weighted by Crippen LogP contribution is 2.17. The summed E-state index contributed by atoms with van der Waals surface area (Å²) in [5, 5.41) is 3.12. The molecule has 0 bridgehead atoms. The Morgan fingerprint density at radius 2 is 1.52 bits per heavy atom. The number of benzene rings is 1. The lowest BCUT2D eigenvalue weighted by Gasteiger charge is -2.21. The summed E-state index contributed by atoms with van der Waals surface area (Å²) in [6.07, 6.45) is 7.61. The summed E-state index contributed by atoms with van der Waals surface area (Å²) in [4.78, 5) is 28.5. The van der Waals surface area contributed by atoms with E-state index in [1.807, 2.05) is 33.3 Å². The molecule has 0 saturated heterocycles. The monoisotopic (exact) mass is 373 g/mol. The summed E-state index contributed by atoms with van der Waals surface area (Å²) in [6, 6.07) is 8.51. The first-order valence-corrected chi connectivity index (χ1v) is 10.2. The Morgan fingerprint density at radius 3 is 2.11 bits per heavy atom. The highest BCUT2D eigenvalue weighted by molar-refractivity contribution is 5.83. The summed E-state index contributed by atoms with van der Waals surface area (Å²) >= 11 is 0. The van der Waals surface area contributed by atoms with E-state index in [4.69, 9.17) is 0 Å². The van der Waals surface area contributed by atoms with Crippen molar-refractivity contribution in [1.29, 1.82) is 0 Å². The van der Waals surface area contributed by atoms with Crippen LogP contribution in [0.15, 0.2) is 24.3 Å². The molecule has 1 fully saturated rings. The third-order valence-electron chi connectivity index (χ3n) is 5.22. The first-order valence-electron chi connectivity index (χ1n) is 10.2. The van der Waals surface area contributed by atoms with Gasteiger partial charge in [-0.2, -0.15) is 0 Å². The van der Waals surface area contributed by atoms with Gasteiger partial charge in [0, 0.05) is 39.0 Å². The number of nitrogens with zero attached hydrogens (tertiary/aromatic N) is 2. The molecule has 0 unspecified atom stereocenters. The quantitative estimate of drug-likeness (QED) is 0.711. The lowest BCUT2D eigenvalue weighted by molar-refractivity contribution is -0.133. The van der Waals surface area contributed by atoms with Crippen molar-refractivity contribution in [3.63, 3.8) is 0 Å². The summed E-state index contributed by atoms with van der Waals surface area (Å²) in [6.45, 7) is 1.43. The molecule has 1 saturated carbocycles. The minimum atomic E-state index is 0.0108. The Bertz CT molecular complexity index is 607. The van der Waals surface area contributed by atoms with Crippen molar-refractivity contribution in [1.82, 2.24) is 15.1 Å². The molecular weight excluding hydrogens is 338 g/mol. The van der Waals surface area contributed by atoms with Gasteiger partial charge in [0.05, 0.1) is 0 Å². The zero-order valence-corrected chi connectivity index (χ0v) is 17.2. The molecule has 1 aromatic rings. The maximum Gasteiger partial charge on any atom is 0.223 e. The van der Waals surface area contributed by atoms with Crippen LogP contribution in [0.3, 0.4) is 0 Å². The van der Waals surface area contributed by atoms with E-state index in [0.29, 0.717) is 12.6 Å². The van der Waals surface area contributed by atoms with Gasteiger partial charge in [-0.1, -0.05) is 49.9 Å². The zero-order chi connectivity index (χ0) is 19.6. The average Bonchev–Trinajstić information content (AvgIpc) is 2.89. The number of carbonyl (C=O) groups excluding carboxylic acids is 2. The van der Waals surface area contributed by atoms with Crippen molar-refractivity contribution in [3.05, 3.63) is 35.4 Å². The fourth-order valence-corrected chi connectivity index (χ4v) is 3.69. The van der Waals surface area contributed by atoms with Gasteiger partial charge in [-0.05, 0) is 38.1 Å². The smallest absolute Gasteiger partial charge is 0.223 e. The number of nitrogens with one attached hydrogen (secondary N) is 1. The molecule has 0 aromatic heterocycles. The topological polar surface area (TPSA) is 52.7 Å². The van der Waals surface area contributed by atoms with Gasteiger partial charge in [0.25, 0.3) is 0 Å². The van der Waals surface area contributed by atoms with Gasteiger partial charge in [-0.15, -0.1) is 0 Å². The third kappa shape index (κ3) is 7.71. The first kappa shape index (κ1) is 21.4. The van der Waals surface area contributed by atoms with Gasteiger partial charge in [0.1, 0.15) is 0 Å². The summed E-state index contributed by atoms with van der Waals surface area (Å²) < 4.78 is 0. The predicted octanol–water partition coefficient (Wildman–Crippen LogP) is 3.33. The molecular formula is C22H35N3O2. The number of carbonyl (C=O) groups is 2. The standard InChI is InChI=1S/C22H35N3O2/c1-24(2)16-18-10-8-9-11-19(18)17-25(3)22(27)15-14-21(26)23-20-12-6-4-5-7-13-20/h8-11,20H,4-7,12-17H2,1-3H3,(H,23,26). The Kier molecular flexibility index (Phi) is 8.79. The molecule has 0 radical (unpaired) electrons. The van der Waals surface area contributed by atoms with Crippen LogP contribution in [0.1, 0.15) is 62.5 Å². The Morgan fingerprint density at radius 1 is 0.926 bits per heavy atom. The molecule has 1 N–H and O–H groups in total. The Balaban J connectivity index is 1.79. The van der Waals surface area contributed by atoms with Crippen LogP contribution in [0, 0.1) is 0 Å². The van der Waals surface area contributed by atoms with Gasteiger partial charge in [-0.3, -0.25) is 9.59 Å². The van der Waals surface area contributed by atoms with Crippen LogP contribution < -0.4 is 5.32 Å². The molecule has 2 rings (SSSR count). The molecule has 0 aliphatic heterocycles. The van der Waals surface area contributed by atoms with Crippen molar-refractivity contribution in [2.45, 2.75) is 70.5 Å². The van der Waals surface area contributed by atoms with E-state index in [2.05, 4.69) is 22.3 Å². The van der Waals surface area contributed by atoms with E-state index >= 15 is 0 Å². The molecule has 1 aromatic carbocycles. The highest BCUT2D eigenvalue weighted by Gasteiger charge is 2.17. The number of hydrogen-bond donors (Lipinski definition) is 1. The van der Waals surface area contributed by atoms with E-state index < -0.39 is 0 Å². The normalized spacial score (nSPS) is 15.4. The second-order valence-electron chi connectivity index (χ2n) is 8.01. The van der Waals surface area contributed by atoms with Crippen molar-refractivity contribution in [2.75, 3.05) is 21.1 Å². The van der Waals surface area contributed by atoms with Gasteiger partial charge < -0.3 is 15.1 Å². The second-order valence-corrected chi connectivity index (χ2v) is 8.01. The van der Waals surface area contributed by atoms with E-state index in [1.165, 1.54) is 31.2 Å². The molecule has 5 heteroatoms. The van der Waals surface area contributed by atoms with Gasteiger partial charge >= 0.3 is 0 Å². The third-order valence-corrected chi connectivity index (χ3v) is 5.22. The Hall–Kier alpha value is -1.88. The molecule has 27 heavy (non-hydrogen) atoms. The number of hydrogen-bond acceptors (Lipinski definition) is 3. The van der Waals surface area contributed by atoms with Crippen LogP contribution in [0.2, 0.25) is 0 Å². The van der Waals surface area contributed by atoms with Crippen LogP contribution >= 0.6 is 0 Å². The lowest BCUT2D eigenvalue weighted by Crippen LogP contribution is -2.35. The highest BCUT2D eigenvalue weighted by atomic mass is 16.2. The molecule has 0 heterocycles. The van der Waals surface area contributed by atoms with Crippen LogP contribution in [0.4, 0.5) is 0 Å². The molecule has 5 nitrogen and oxygen atoms in total. The zero-order valence-electron chi connectivity index (χ0n) is 17.2. The first-order chi connectivity index (χ1) is 13.0. The average molecular weight is 374 g/mol. The van der Waals surface area contributed by atoms with Crippen LogP contribution in [-0.4, -0.2) is 48.8 Å². The minimum absolute atomic E-state index is 0.0108.